The van der Waals surface area contributed by atoms with E-state index in [-0.39, 0.29) is 25.1 Å². The zero-order chi connectivity index (χ0) is 13.4. The molecule has 0 aliphatic rings. The Bertz CT molecular complexity index is 379. The largest absolute Gasteiger partial charge is 0.396 e. The van der Waals surface area contributed by atoms with Crippen molar-refractivity contribution in [3.63, 3.8) is 0 Å². The Balaban J connectivity index is 2.31. The molecule has 0 radical (unpaired) electrons. The van der Waals surface area contributed by atoms with Gasteiger partial charge in [-0.05, 0) is 25.0 Å². The van der Waals surface area contributed by atoms with E-state index in [1.165, 1.54) is 18.2 Å². The number of hydrogen-bond donors (Lipinski definition) is 3. The van der Waals surface area contributed by atoms with Crippen molar-refractivity contribution in [3.8, 4) is 0 Å². The topological polar surface area (TPSA) is 61.4 Å². The highest BCUT2D eigenvalue weighted by atomic mass is 19.1. The maximum atomic E-state index is 13.2. The third kappa shape index (κ3) is 4.67. The Morgan fingerprint density at radius 2 is 1.78 bits per heavy atom. The Kier molecular flexibility index (Phi) is 6.07. The van der Waals surface area contributed by atoms with Crippen molar-refractivity contribution in [1.82, 2.24) is 10.6 Å². The quantitative estimate of drug-likeness (QED) is 0.671. The van der Waals surface area contributed by atoms with Gasteiger partial charge in [-0.25, -0.2) is 13.6 Å². The normalized spacial score (nSPS) is 10.2. The first-order valence-electron chi connectivity index (χ1n) is 5.70. The Morgan fingerprint density at radius 3 is 2.39 bits per heavy atom. The van der Waals surface area contributed by atoms with Gasteiger partial charge in [-0.3, -0.25) is 0 Å². The summed E-state index contributed by atoms with van der Waals surface area (Å²) >= 11 is 0. The lowest BCUT2D eigenvalue weighted by Gasteiger charge is -2.08. The van der Waals surface area contributed by atoms with E-state index in [1.807, 2.05) is 0 Å². The van der Waals surface area contributed by atoms with E-state index >= 15 is 0 Å². The predicted molar refractivity (Wildman–Crippen MR) is 63.2 cm³/mol. The van der Waals surface area contributed by atoms with E-state index in [0.717, 1.165) is 0 Å². The van der Waals surface area contributed by atoms with Crippen molar-refractivity contribution in [1.29, 1.82) is 0 Å². The van der Waals surface area contributed by atoms with Gasteiger partial charge in [0, 0.05) is 25.3 Å². The second kappa shape index (κ2) is 7.60. The maximum Gasteiger partial charge on any atom is 0.314 e. The fourth-order valence-corrected chi connectivity index (χ4v) is 1.42. The highest BCUT2D eigenvalue weighted by Gasteiger charge is 2.08. The van der Waals surface area contributed by atoms with Gasteiger partial charge in [-0.15, -0.1) is 0 Å². The Morgan fingerprint density at radius 1 is 1.17 bits per heavy atom. The second-order valence-corrected chi connectivity index (χ2v) is 3.71. The summed E-state index contributed by atoms with van der Waals surface area (Å²) in [7, 11) is 0. The van der Waals surface area contributed by atoms with E-state index < -0.39 is 17.7 Å². The number of rotatable bonds is 6. The molecule has 6 heteroatoms. The van der Waals surface area contributed by atoms with Crippen LogP contribution in [0.5, 0.6) is 0 Å². The molecule has 0 saturated carbocycles. The van der Waals surface area contributed by atoms with E-state index in [2.05, 4.69) is 10.6 Å². The fraction of sp³-hybridized carbons (Fsp3) is 0.417. The molecular weight excluding hydrogens is 242 g/mol. The van der Waals surface area contributed by atoms with Gasteiger partial charge in [0.15, 0.2) is 0 Å². The molecule has 1 aromatic carbocycles. The lowest BCUT2D eigenvalue weighted by atomic mass is 10.1. The van der Waals surface area contributed by atoms with Crippen molar-refractivity contribution in [2.75, 3.05) is 19.7 Å². The summed E-state index contributed by atoms with van der Waals surface area (Å²) in [6.45, 7) is 0.500. The van der Waals surface area contributed by atoms with Gasteiger partial charge in [0.1, 0.15) is 11.6 Å². The van der Waals surface area contributed by atoms with E-state index in [0.29, 0.717) is 13.0 Å². The first kappa shape index (κ1) is 14.4. The van der Waals surface area contributed by atoms with Gasteiger partial charge in [0.2, 0.25) is 0 Å². The summed E-state index contributed by atoms with van der Waals surface area (Å²) in [6.07, 6.45) is 0.557. The molecule has 0 heterocycles. The molecule has 1 aromatic rings. The van der Waals surface area contributed by atoms with Crippen molar-refractivity contribution in [2.24, 2.45) is 0 Å². The number of nitrogens with one attached hydrogen (secondary N) is 2. The lowest BCUT2D eigenvalue weighted by Crippen LogP contribution is -2.37. The zero-order valence-corrected chi connectivity index (χ0v) is 9.88. The molecule has 2 amide bonds. The molecule has 3 N–H and O–H groups in total. The first-order valence-corrected chi connectivity index (χ1v) is 5.70. The van der Waals surface area contributed by atoms with Gasteiger partial charge in [-0.1, -0.05) is 6.07 Å². The number of benzene rings is 1. The number of carbonyl (C=O) groups excluding carboxylic acids is 1. The molecule has 0 saturated heterocycles. The van der Waals surface area contributed by atoms with Crippen molar-refractivity contribution in [3.05, 3.63) is 35.4 Å². The highest BCUT2D eigenvalue weighted by Crippen LogP contribution is 2.11. The van der Waals surface area contributed by atoms with Crippen LogP contribution in [0, 0.1) is 11.6 Å². The molecule has 0 aliphatic heterocycles. The summed E-state index contributed by atoms with van der Waals surface area (Å²) in [5.41, 5.74) is -0.0341. The van der Waals surface area contributed by atoms with Crippen LogP contribution in [0.4, 0.5) is 13.6 Å². The summed E-state index contributed by atoms with van der Waals surface area (Å²) in [4.78, 5) is 11.2. The number of aliphatic hydroxyl groups is 1. The molecule has 0 atom stereocenters. The van der Waals surface area contributed by atoms with E-state index in [9.17, 15) is 13.6 Å². The minimum Gasteiger partial charge on any atom is -0.396 e. The van der Waals surface area contributed by atoms with Crippen LogP contribution in [0.3, 0.4) is 0 Å². The molecule has 0 spiro atoms. The molecule has 1 rings (SSSR count). The number of carbonyl (C=O) groups is 1. The second-order valence-electron chi connectivity index (χ2n) is 3.71. The van der Waals surface area contributed by atoms with E-state index in [4.69, 9.17) is 5.11 Å². The summed E-state index contributed by atoms with van der Waals surface area (Å²) in [5.74, 6) is -1.23. The predicted octanol–water partition coefficient (Wildman–Crippen LogP) is 1.19. The minimum atomic E-state index is -0.613. The van der Waals surface area contributed by atoms with Gasteiger partial charge >= 0.3 is 6.03 Å². The molecule has 0 unspecified atom stereocenters. The van der Waals surface area contributed by atoms with Crippen LogP contribution in [-0.2, 0) is 6.42 Å². The Hall–Kier alpha value is -1.69. The minimum absolute atomic E-state index is 0.000712. The van der Waals surface area contributed by atoms with Gasteiger partial charge in [-0.2, -0.15) is 0 Å². The van der Waals surface area contributed by atoms with Crippen molar-refractivity contribution in [2.45, 2.75) is 12.8 Å². The van der Waals surface area contributed by atoms with Crippen LogP contribution >= 0.6 is 0 Å². The SMILES string of the molecule is O=C(NCCCO)NCCc1c(F)cccc1F. The smallest absolute Gasteiger partial charge is 0.314 e. The van der Waals surface area contributed by atoms with Gasteiger partial charge in [0.05, 0.1) is 0 Å². The molecule has 0 bridgehead atoms. The number of hydrogen-bond acceptors (Lipinski definition) is 2. The van der Waals surface area contributed by atoms with Crippen LogP contribution in [0.25, 0.3) is 0 Å². The van der Waals surface area contributed by atoms with Crippen LogP contribution in [-0.4, -0.2) is 30.8 Å². The molecule has 100 valence electrons. The summed E-state index contributed by atoms with van der Waals surface area (Å²) < 4.78 is 26.5. The summed E-state index contributed by atoms with van der Waals surface area (Å²) in [6, 6.07) is 3.24. The highest BCUT2D eigenvalue weighted by molar-refractivity contribution is 5.73. The molecule has 4 nitrogen and oxygen atoms in total. The maximum absolute atomic E-state index is 13.2. The standard InChI is InChI=1S/C12H16F2N2O2/c13-10-3-1-4-11(14)9(10)5-7-16-12(18)15-6-2-8-17/h1,3-4,17H,2,5-8H2,(H2,15,16,18). The van der Waals surface area contributed by atoms with Crippen molar-refractivity contribution >= 4 is 6.03 Å². The van der Waals surface area contributed by atoms with Crippen LogP contribution in [0.2, 0.25) is 0 Å². The van der Waals surface area contributed by atoms with Crippen molar-refractivity contribution < 1.29 is 18.7 Å². The number of amides is 2. The van der Waals surface area contributed by atoms with Gasteiger partial charge in [0.25, 0.3) is 0 Å². The molecular formula is C12H16F2N2O2. The van der Waals surface area contributed by atoms with Gasteiger partial charge < -0.3 is 15.7 Å². The lowest BCUT2D eigenvalue weighted by molar-refractivity contribution is 0.238. The molecule has 0 aromatic heterocycles. The monoisotopic (exact) mass is 258 g/mol. The third-order valence-corrected chi connectivity index (χ3v) is 2.34. The number of halogens is 2. The number of urea groups is 1. The molecule has 0 aliphatic carbocycles. The third-order valence-electron chi connectivity index (χ3n) is 2.34. The summed E-state index contributed by atoms with van der Waals surface area (Å²) in [5, 5.41) is 13.5. The zero-order valence-electron chi connectivity index (χ0n) is 9.88. The molecule has 18 heavy (non-hydrogen) atoms. The molecule has 0 fully saturated rings. The average molecular weight is 258 g/mol. The fourth-order valence-electron chi connectivity index (χ4n) is 1.42. The Labute approximate surface area is 104 Å². The van der Waals surface area contributed by atoms with Crippen LogP contribution in [0.1, 0.15) is 12.0 Å². The number of aliphatic hydroxyl groups excluding tert-OH is 1. The van der Waals surface area contributed by atoms with Crippen LogP contribution in [0.15, 0.2) is 18.2 Å². The van der Waals surface area contributed by atoms with Crippen LogP contribution < -0.4 is 10.6 Å². The first-order chi connectivity index (χ1) is 8.65. The average Bonchev–Trinajstić information content (AvgIpc) is 2.33. The van der Waals surface area contributed by atoms with E-state index in [1.54, 1.807) is 0 Å².